The van der Waals surface area contributed by atoms with Crippen LogP contribution in [0.3, 0.4) is 0 Å². The number of morpholine rings is 1. The second kappa shape index (κ2) is 5.87. The Morgan fingerprint density at radius 3 is 2.80 bits per heavy atom. The van der Waals surface area contributed by atoms with E-state index in [1.54, 1.807) is 0 Å². The zero-order chi connectivity index (χ0) is 13.9. The molecule has 2 aromatic rings. The maximum atomic E-state index is 6.02. The van der Waals surface area contributed by atoms with Crippen molar-refractivity contribution in [3.05, 3.63) is 23.1 Å². The van der Waals surface area contributed by atoms with Crippen molar-refractivity contribution in [1.29, 1.82) is 0 Å². The first kappa shape index (κ1) is 13.5. The summed E-state index contributed by atoms with van der Waals surface area (Å²) in [5, 5.41) is 3.35. The van der Waals surface area contributed by atoms with Crippen LogP contribution in [0.4, 0.5) is 5.82 Å². The van der Waals surface area contributed by atoms with Gasteiger partial charge in [0, 0.05) is 19.6 Å². The first-order chi connectivity index (χ1) is 9.78. The summed E-state index contributed by atoms with van der Waals surface area (Å²) in [6, 6.07) is 3.89. The van der Waals surface area contributed by atoms with Crippen molar-refractivity contribution in [2.24, 2.45) is 0 Å². The highest BCUT2D eigenvalue weighted by Gasteiger charge is 2.18. The van der Waals surface area contributed by atoms with Gasteiger partial charge in [-0.25, -0.2) is 9.97 Å². The van der Waals surface area contributed by atoms with Crippen LogP contribution in [-0.4, -0.2) is 48.3 Å². The van der Waals surface area contributed by atoms with Crippen LogP contribution in [0.2, 0.25) is 5.28 Å². The minimum absolute atomic E-state index is 0.252. The number of anilines is 1. The molecule has 106 valence electrons. The minimum Gasteiger partial charge on any atom is -0.378 e. The van der Waals surface area contributed by atoms with Gasteiger partial charge in [0.05, 0.1) is 24.4 Å². The van der Waals surface area contributed by atoms with Gasteiger partial charge in [-0.3, -0.25) is 0 Å². The second-order valence-electron chi connectivity index (χ2n) is 4.62. The number of hydrogen-bond acceptors (Lipinski definition) is 6. The summed E-state index contributed by atoms with van der Waals surface area (Å²) in [5.41, 5.74) is 2.52. The van der Waals surface area contributed by atoms with E-state index in [2.05, 4.69) is 25.2 Å². The first-order valence-corrected chi connectivity index (χ1v) is 6.96. The predicted molar refractivity (Wildman–Crippen MR) is 78.1 cm³/mol. The number of hydrogen-bond donors (Lipinski definition) is 1. The van der Waals surface area contributed by atoms with Gasteiger partial charge in [0.1, 0.15) is 5.52 Å². The molecule has 7 heteroatoms. The Balaban J connectivity index is 2.09. The number of ether oxygens (including phenoxy) is 1. The van der Waals surface area contributed by atoms with E-state index in [-0.39, 0.29) is 5.28 Å². The van der Waals surface area contributed by atoms with Crippen LogP contribution in [0.15, 0.2) is 12.1 Å². The van der Waals surface area contributed by atoms with Crippen LogP contribution in [0.1, 0.15) is 5.69 Å². The average Bonchev–Trinajstić information content (AvgIpc) is 2.48. The molecule has 0 saturated carbocycles. The van der Waals surface area contributed by atoms with Gasteiger partial charge in [0.2, 0.25) is 5.28 Å². The van der Waals surface area contributed by atoms with E-state index in [4.69, 9.17) is 16.3 Å². The number of pyridine rings is 1. The maximum absolute atomic E-state index is 6.02. The lowest BCUT2D eigenvalue weighted by Gasteiger charge is -2.28. The zero-order valence-corrected chi connectivity index (χ0v) is 12.0. The fraction of sp³-hybridized carbons (Fsp3) is 0.462. The standard InChI is InChI=1S/C13H16ClN5O/c1-15-8-9-2-3-10-11(16-9)12(18-13(14)17-10)19-4-6-20-7-5-19/h2-3,15H,4-8H2,1H3. The monoisotopic (exact) mass is 293 g/mol. The average molecular weight is 294 g/mol. The number of rotatable bonds is 3. The van der Waals surface area contributed by atoms with Crippen LogP contribution in [0, 0.1) is 0 Å². The molecule has 0 unspecified atom stereocenters. The van der Waals surface area contributed by atoms with Crippen molar-refractivity contribution < 1.29 is 4.74 Å². The summed E-state index contributed by atoms with van der Waals surface area (Å²) >= 11 is 6.02. The number of nitrogens with zero attached hydrogens (tertiary/aromatic N) is 4. The first-order valence-electron chi connectivity index (χ1n) is 6.58. The van der Waals surface area contributed by atoms with Gasteiger partial charge >= 0.3 is 0 Å². The summed E-state index contributed by atoms with van der Waals surface area (Å²) in [6.07, 6.45) is 0. The molecule has 0 spiro atoms. The molecule has 1 aliphatic heterocycles. The third-order valence-corrected chi connectivity index (χ3v) is 3.39. The molecule has 1 aliphatic rings. The summed E-state index contributed by atoms with van der Waals surface area (Å²) in [5.74, 6) is 0.793. The molecule has 0 atom stereocenters. The van der Waals surface area contributed by atoms with Crippen molar-refractivity contribution in [2.45, 2.75) is 6.54 Å². The second-order valence-corrected chi connectivity index (χ2v) is 4.95. The lowest BCUT2D eigenvalue weighted by Crippen LogP contribution is -2.37. The van der Waals surface area contributed by atoms with Crippen LogP contribution in [0.5, 0.6) is 0 Å². The SMILES string of the molecule is CNCc1ccc2nc(Cl)nc(N3CCOCC3)c2n1. The van der Waals surface area contributed by atoms with E-state index in [1.807, 2.05) is 19.2 Å². The Labute approximate surface area is 122 Å². The summed E-state index contributed by atoms with van der Waals surface area (Å²) in [4.78, 5) is 15.4. The predicted octanol–water partition coefficient (Wildman–Crippen LogP) is 1.23. The molecule has 1 N–H and O–H groups in total. The molecule has 1 fully saturated rings. The van der Waals surface area contributed by atoms with Gasteiger partial charge in [-0.2, -0.15) is 4.98 Å². The Bertz CT molecular complexity index is 615. The Morgan fingerprint density at radius 2 is 2.05 bits per heavy atom. The molecule has 20 heavy (non-hydrogen) atoms. The van der Waals surface area contributed by atoms with Gasteiger partial charge in [-0.1, -0.05) is 0 Å². The molecule has 3 heterocycles. The van der Waals surface area contributed by atoms with Gasteiger partial charge < -0.3 is 15.0 Å². The van der Waals surface area contributed by atoms with Gasteiger partial charge in [-0.05, 0) is 30.8 Å². The van der Waals surface area contributed by atoms with Gasteiger partial charge in [0.25, 0.3) is 0 Å². The van der Waals surface area contributed by atoms with Crippen molar-refractivity contribution in [3.63, 3.8) is 0 Å². The fourth-order valence-corrected chi connectivity index (χ4v) is 2.46. The molecule has 0 amide bonds. The van der Waals surface area contributed by atoms with E-state index in [0.717, 1.165) is 35.6 Å². The van der Waals surface area contributed by atoms with Crippen molar-refractivity contribution in [1.82, 2.24) is 20.3 Å². The van der Waals surface area contributed by atoms with Crippen LogP contribution < -0.4 is 10.2 Å². The van der Waals surface area contributed by atoms with Crippen LogP contribution in [-0.2, 0) is 11.3 Å². The van der Waals surface area contributed by atoms with Crippen LogP contribution in [0.25, 0.3) is 11.0 Å². The lowest BCUT2D eigenvalue weighted by atomic mass is 10.2. The normalized spacial score (nSPS) is 15.8. The van der Waals surface area contributed by atoms with E-state index in [1.165, 1.54) is 0 Å². The molecule has 0 aliphatic carbocycles. The number of fused-ring (bicyclic) bond motifs is 1. The number of aromatic nitrogens is 3. The molecule has 0 aromatic carbocycles. The topological polar surface area (TPSA) is 63.2 Å². The third-order valence-electron chi connectivity index (χ3n) is 3.22. The van der Waals surface area contributed by atoms with E-state index >= 15 is 0 Å². The highest BCUT2D eigenvalue weighted by atomic mass is 35.5. The van der Waals surface area contributed by atoms with E-state index in [9.17, 15) is 0 Å². The van der Waals surface area contributed by atoms with E-state index < -0.39 is 0 Å². The van der Waals surface area contributed by atoms with Crippen molar-refractivity contribution in [3.8, 4) is 0 Å². The molecular formula is C13H16ClN5O. The highest BCUT2D eigenvalue weighted by Crippen LogP contribution is 2.24. The van der Waals surface area contributed by atoms with Crippen LogP contribution >= 0.6 is 11.6 Å². The lowest BCUT2D eigenvalue weighted by molar-refractivity contribution is 0.122. The van der Waals surface area contributed by atoms with Gasteiger partial charge in [-0.15, -0.1) is 0 Å². The largest absolute Gasteiger partial charge is 0.378 e. The molecule has 2 aromatic heterocycles. The summed E-state index contributed by atoms with van der Waals surface area (Å²) in [6.45, 7) is 3.68. The molecule has 0 radical (unpaired) electrons. The molecular weight excluding hydrogens is 278 g/mol. The minimum atomic E-state index is 0.252. The maximum Gasteiger partial charge on any atom is 0.225 e. The Kier molecular flexibility index (Phi) is 3.95. The summed E-state index contributed by atoms with van der Waals surface area (Å²) in [7, 11) is 1.90. The van der Waals surface area contributed by atoms with E-state index in [0.29, 0.717) is 19.8 Å². The number of nitrogens with one attached hydrogen (secondary N) is 1. The quantitative estimate of drug-likeness (QED) is 0.859. The molecule has 0 bridgehead atoms. The van der Waals surface area contributed by atoms with Gasteiger partial charge in [0.15, 0.2) is 5.82 Å². The molecule has 6 nitrogen and oxygen atoms in total. The fourth-order valence-electron chi connectivity index (χ4n) is 2.29. The smallest absolute Gasteiger partial charge is 0.225 e. The van der Waals surface area contributed by atoms with Crippen molar-refractivity contribution in [2.75, 3.05) is 38.3 Å². The molecule has 3 rings (SSSR count). The Hall–Kier alpha value is -1.50. The Morgan fingerprint density at radius 1 is 1.25 bits per heavy atom. The van der Waals surface area contributed by atoms with Crippen molar-refractivity contribution >= 4 is 28.5 Å². The highest BCUT2D eigenvalue weighted by molar-refractivity contribution is 6.28. The summed E-state index contributed by atoms with van der Waals surface area (Å²) < 4.78 is 5.38. The third kappa shape index (κ3) is 2.67. The molecule has 1 saturated heterocycles. The zero-order valence-electron chi connectivity index (χ0n) is 11.3. The number of halogens is 1.